The molecule has 2 amide bonds. The summed E-state index contributed by atoms with van der Waals surface area (Å²) in [6.45, 7) is 6.19. The van der Waals surface area contributed by atoms with Crippen LogP contribution in [0.1, 0.15) is 30.4 Å². The minimum atomic E-state index is -0.630. The Morgan fingerprint density at radius 3 is 2.54 bits per heavy atom. The average Bonchev–Trinajstić information content (AvgIpc) is 3.08. The molecule has 1 atom stereocenters. The molecule has 0 aliphatic carbocycles. The fourth-order valence-electron chi connectivity index (χ4n) is 2.22. The highest BCUT2D eigenvalue weighted by Crippen LogP contribution is 2.24. The molecule has 0 fully saturated rings. The smallest absolute Gasteiger partial charge is 0.262 e. The number of carbonyl (C=O) groups excluding carboxylic acids is 2. The van der Waals surface area contributed by atoms with Crippen LogP contribution in [0.2, 0.25) is 0 Å². The van der Waals surface area contributed by atoms with Gasteiger partial charge in [0.05, 0.1) is 17.2 Å². The number of hydrogen-bond donors (Lipinski definition) is 2. The molecule has 0 radical (unpaired) electrons. The van der Waals surface area contributed by atoms with E-state index in [0.717, 1.165) is 0 Å². The second-order valence-electron chi connectivity index (χ2n) is 5.59. The standard InChI is InChI=1S/C18H22N2O3S/c1-4-23-14-9-6-5-8-13(14)19-18(22)16(12(2)3)20-17(21)15-10-7-11-24-15/h5-12,16H,4H2,1-3H3,(H,19,22)(H,20,21)/t16-/m0/s1. The molecule has 24 heavy (non-hydrogen) atoms. The molecule has 0 saturated carbocycles. The van der Waals surface area contributed by atoms with Gasteiger partial charge in [-0.25, -0.2) is 0 Å². The summed E-state index contributed by atoms with van der Waals surface area (Å²) < 4.78 is 5.52. The van der Waals surface area contributed by atoms with Crippen LogP contribution in [0.25, 0.3) is 0 Å². The van der Waals surface area contributed by atoms with Crippen molar-refractivity contribution in [3.8, 4) is 5.75 Å². The van der Waals surface area contributed by atoms with Crippen LogP contribution in [0.5, 0.6) is 5.75 Å². The van der Waals surface area contributed by atoms with Crippen LogP contribution >= 0.6 is 11.3 Å². The topological polar surface area (TPSA) is 67.4 Å². The second kappa shape index (κ2) is 8.49. The summed E-state index contributed by atoms with van der Waals surface area (Å²) in [7, 11) is 0. The molecular weight excluding hydrogens is 324 g/mol. The van der Waals surface area contributed by atoms with Crippen LogP contribution in [0, 0.1) is 5.92 Å². The van der Waals surface area contributed by atoms with Crippen molar-refractivity contribution in [2.45, 2.75) is 26.8 Å². The quantitative estimate of drug-likeness (QED) is 0.806. The van der Waals surface area contributed by atoms with E-state index in [1.807, 2.05) is 44.4 Å². The first-order valence-electron chi connectivity index (χ1n) is 7.90. The number of thiophene rings is 1. The van der Waals surface area contributed by atoms with E-state index in [1.165, 1.54) is 11.3 Å². The molecule has 2 rings (SSSR count). The summed E-state index contributed by atoms with van der Waals surface area (Å²) in [5.41, 5.74) is 0.598. The predicted octanol–water partition coefficient (Wildman–Crippen LogP) is 3.54. The largest absolute Gasteiger partial charge is 0.492 e. The van der Waals surface area contributed by atoms with Gasteiger partial charge >= 0.3 is 0 Å². The summed E-state index contributed by atoms with van der Waals surface area (Å²) in [5, 5.41) is 7.49. The maximum Gasteiger partial charge on any atom is 0.262 e. The molecule has 0 saturated heterocycles. The molecule has 0 aliphatic heterocycles. The van der Waals surface area contributed by atoms with Crippen molar-refractivity contribution in [2.24, 2.45) is 5.92 Å². The number of anilines is 1. The van der Waals surface area contributed by atoms with E-state index >= 15 is 0 Å². The van der Waals surface area contributed by atoms with E-state index in [1.54, 1.807) is 18.2 Å². The summed E-state index contributed by atoms with van der Waals surface area (Å²) in [6, 6.07) is 10.2. The van der Waals surface area contributed by atoms with Crippen molar-refractivity contribution < 1.29 is 14.3 Å². The average molecular weight is 346 g/mol. The number of benzene rings is 1. The van der Waals surface area contributed by atoms with E-state index in [-0.39, 0.29) is 17.7 Å². The minimum absolute atomic E-state index is 0.0480. The summed E-state index contributed by atoms with van der Waals surface area (Å²) in [4.78, 5) is 25.5. The first-order valence-corrected chi connectivity index (χ1v) is 8.78. The van der Waals surface area contributed by atoms with Gasteiger partial charge in [-0.2, -0.15) is 0 Å². The van der Waals surface area contributed by atoms with Gasteiger partial charge in [0.15, 0.2) is 0 Å². The molecule has 1 aromatic carbocycles. The highest BCUT2D eigenvalue weighted by atomic mass is 32.1. The Morgan fingerprint density at radius 2 is 1.92 bits per heavy atom. The molecule has 0 spiro atoms. The van der Waals surface area contributed by atoms with E-state index in [2.05, 4.69) is 10.6 Å². The first kappa shape index (κ1) is 18.0. The monoisotopic (exact) mass is 346 g/mol. The van der Waals surface area contributed by atoms with E-state index in [4.69, 9.17) is 4.74 Å². The Bertz CT molecular complexity index is 683. The normalized spacial score (nSPS) is 11.8. The highest BCUT2D eigenvalue weighted by Gasteiger charge is 2.25. The van der Waals surface area contributed by atoms with Gasteiger partial charge < -0.3 is 15.4 Å². The van der Waals surface area contributed by atoms with Crippen molar-refractivity contribution in [3.05, 3.63) is 46.7 Å². The van der Waals surface area contributed by atoms with Crippen molar-refractivity contribution in [2.75, 3.05) is 11.9 Å². The maximum absolute atomic E-state index is 12.6. The number of nitrogens with one attached hydrogen (secondary N) is 2. The molecule has 0 bridgehead atoms. The molecule has 0 aliphatic rings. The third-order valence-corrected chi connectivity index (χ3v) is 4.29. The Balaban J connectivity index is 2.11. The van der Waals surface area contributed by atoms with Gasteiger partial charge in [-0.1, -0.05) is 32.0 Å². The lowest BCUT2D eigenvalue weighted by Gasteiger charge is -2.22. The Morgan fingerprint density at radius 1 is 1.17 bits per heavy atom. The molecule has 0 unspecified atom stereocenters. The lowest BCUT2D eigenvalue weighted by Crippen LogP contribution is -2.47. The van der Waals surface area contributed by atoms with Crippen molar-refractivity contribution in [3.63, 3.8) is 0 Å². The highest BCUT2D eigenvalue weighted by molar-refractivity contribution is 7.12. The fourth-order valence-corrected chi connectivity index (χ4v) is 2.84. The molecule has 6 heteroatoms. The zero-order valence-electron chi connectivity index (χ0n) is 14.0. The number of amides is 2. The Labute approximate surface area is 146 Å². The molecule has 128 valence electrons. The molecule has 1 heterocycles. The third-order valence-electron chi connectivity index (χ3n) is 3.43. The maximum atomic E-state index is 12.6. The fraction of sp³-hybridized carbons (Fsp3) is 0.333. The minimum Gasteiger partial charge on any atom is -0.492 e. The molecule has 2 aromatic rings. The molecule has 1 aromatic heterocycles. The van der Waals surface area contributed by atoms with E-state index in [0.29, 0.717) is 22.9 Å². The van der Waals surface area contributed by atoms with E-state index in [9.17, 15) is 9.59 Å². The lowest BCUT2D eigenvalue weighted by atomic mass is 10.0. The number of carbonyl (C=O) groups is 2. The second-order valence-corrected chi connectivity index (χ2v) is 6.54. The molecule has 2 N–H and O–H groups in total. The molecule has 5 nitrogen and oxygen atoms in total. The van der Waals surface area contributed by atoms with Crippen LogP contribution < -0.4 is 15.4 Å². The SMILES string of the molecule is CCOc1ccccc1NC(=O)[C@@H](NC(=O)c1cccs1)C(C)C. The number of rotatable bonds is 7. The van der Waals surface area contributed by atoms with Crippen LogP contribution in [-0.4, -0.2) is 24.5 Å². The summed E-state index contributed by atoms with van der Waals surface area (Å²) in [6.07, 6.45) is 0. The first-order chi connectivity index (χ1) is 11.5. The van der Waals surface area contributed by atoms with E-state index < -0.39 is 6.04 Å². The molecular formula is C18H22N2O3S. The third kappa shape index (κ3) is 4.58. The summed E-state index contributed by atoms with van der Waals surface area (Å²) in [5.74, 6) is 0.0626. The summed E-state index contributed by atoms with van der Waals surface area (Å²) >= 11 is 1.35. The van der Waals surface area contributed by atoms with Crippen molar-refractivity contribution in [1.29, 1.82) is 0 Å². The van der Waals surface area contributed by atoms with Gasteiger partial charge in [0.25, 0.3) is 5.91 Å². The zero-order valence-corrected chi connectivity index (χ0v) is 14.9. The number of ether oxygens (including phenoxy) is 1. The van der Waals surface area contributed by atoms with Gasteiger partial charge in [0, 0.05) is 0 Å². The zero-order chi connectivity index (χ0) is 17.5. The number of para-hydroxylation sites is 2. The predicted molar refractivity (Wildman–Crippen MR) is 96.7 cm³/mol. The van der Waals surface area contributed by atoms with Gasteiger partial charge in [-0.3, -0.25) is 9.59 Å². The van der Waals surface area contributed by atoms with Crippen molar-refractivity contribution >= 4 is 28.8 Å². The van der Waals surface area contributed by atoms with Gasteiger partial charge in [0.1, 0.15) is 11.8 Å². The van der Waals surface area contributed by atoms with Crippen LogP contribution in [0.4, 0.5) is 5.69 Å². The van der Waals surface area contributed by atoms with Crippen LogP contribution in [-0.2, 0) is 4.79 Å². The number of hydrogen-bond acceptors (Lipinski definition) is 4. The van der Waals surface area contributed by atoms with Crippen molar-refractivity contribution in [1.82, 2.24) is 5.32 Å². The Hall–Kier alpha value is -2.34. The Kier molecular flexibility index (Phi) is 6.37. The van der Waals surface area contributed by atoms with Crippen LogP contribution in [0.15, 0.2) is 41.8 Å². The lowest BCUT2D eigenvalue weighted by molar-refractivity contribution is -0.118. The van der Waals surface area contributed by atoms with Gasteiger partial charge in [-0.15, -0.1) is 11.3 Å². The van der Waals surface area contributed by atoms with Gasteiger partial charge in [0.2, 0.25) is 5.91 Å². The van der Waals surface area contributed by atoms with Gasteiger partial charge in [-0.05, 0) is 36.4 Å². The van der Waals surface area contributed by atoms with Crippen LogP contribution in [0.3, 0.4) is 0 Å².